The first-order valence-electron chi connectivity index (χ1n) is 4.20. The number of hydrogen-bond acceptors (Lipinski definition) is 2. The molecule has 0 atom stereocenters. The van der Waals surface area contributed by atoms with Gasteiger partial charge in [-0.3, -0.25) is 20.4 Å². The molecular weight excluding hydrogens is 175 g/mol. The van der Waals surface area contributed by atoms with Gasteiger partial charge in [-0.15, -0.1) is 0 Å². The van der Waals surface area contributed by atoms with Gasteiger partial charge in [0.25, 0.3) is 5.91 Å². The van der Waals surface area contributed by atoms with Crippen LogP contribution < -0.4 is 10.9 Å². The molecule has 1 aliphatic rings. The predicted molar refractivity (Wildman–Crippen MR) is 44.2 cm³/mol. The largest absolute Gasteiger partial charge is 0.275 e. The van der Waals surface area contributed by atoms with Crippen molar-refractivity contribution in [1.82, 2.24) is 10.9 Å². The molecule has 0 heterocycles. The van der Waals surface area contributed by atoms with E-state index in [0.29, 0.717) is 0 Å². The number of amides is 2. The maximum atomic E-state index is 12.9. The molecule has 0 spiro atoms. The van der Waals surface area contributed by atoms with E-state index >= 15 is 0 Å². The summed E-state index contributed by atoms with van der Waals surface area (Å²) >= 11 is 0. The van der Waals surface area contributed by atoms with Crippen LogP contribution in [0.25, 0.3) is 0 Å². The fraction of sp³-hybridized carbons (Fsp3) is 0.750. The molecule has 1 fully saturated rings. The Hall–Kier alpha value is -1.13. The normalized spacial score (nSPS) is 16.5. The minimum atomic E-state index is -1.96. The molecule has 1 rings (SSSR count). The first kappa shape index (κ1) is 9.95. The Morgan fingerprint density at radius 2 is 1.85 bits per heavy atom. The van der Waals surface area contributed by atoms with E-state index in [9.17, 15) is 14.0 Å². The van der Waals surface area contributed by atoms with Crippen LogP contribution >= 0.6 is 0 Å². The third-order valence-corrected chi connectivity index (χ3v) is 1.79. The summed E-state index contributed by atoms with van der Waals surface area (Å²) in [6.45, 7) is 2.26. The molecule has 0 unspecified atom stereocenters. The van der Waals surface area contributed by atoms with E-state index in [4.69, 9.17) is 0 Å². The van der Waals surface area contributed by atoms with E-state index in [-0.39, 0.29) is 11.8 Å². The van der Waals surface area contributed by atoms with E-state index in [1.165, 1.54) is 0 Å². The first-order chi connectivity index (χ1) is 5.91. The highest BCUT2D eigenvalue weighted by atomic mass is 19.1. The SMILES string of the molecule is CC(C)(F)C(=O)NNC(=O)C1CC1. The summed E-state index contributed by atoms with van der Waals surface area (Å²) in [6, 6.07) is 0. The van der Waals surface area contributed by atoms with Crippen LogP contribution in [0.3, 0.4) is 0 Å². The summed E-state index contributed by atoms with van der Waals surface area (Å²) in [4.78, 5) is 21.9. The van der Waals surface area contributed by atoms with Gasteiger partial charge in [0, 0.05) is 5.92 Å². The number of nitrogens with one attached hydrogen (secondary N) is 2. The Morgan fingerprint density at radius 3 is 2.23 bits per heavy atom. The standard InChI is InChI=1S/C8H13FN2O2/c1-8(2,9)7(13)11-10-6(12)5-3-4-5/h5H,3-4H2,1-2H3,(H,10,12)(H,11,13). The van der Waals surface area contributed by atoms with Crippen LogP contribution in [-0.2, 0) is 9.59 Å². The number of hydrogen-bond donors (Lipinski definition) is 2. The molecule has 1 aliphatic carbocycles. The van der Waals surface area contributed by atoms with Gasteiger partial charge in [0.05, 0.1) is 0 Å². The monoisotopic (exact) mass is 188 g/mol. The van der Waals surface area contributed by atoms with Crippen molar-refractivity contribution >= 4 is 11.8 Å². The summed E-state index contributed by atoms with van der Waals surface area (Å²) in [5.74, 6) is -1.07. The van der Waals surface area contributed by atoms with Crippen molar-refractivity contribution in [2.75, 3.05) is 0 Å². The van der Waals surface area contributed by atoms with Gasteiger partial charge in [-0.05, 0) is 26.7 Å². The fourth-order valence-electron chi connectivity index (χ4n) is 0.715. The van der Waals surface area contributed by atoms with Crippen molar-refractivity contribution in [3.8, 4) is 0 Å². The quantitative estimate of drug-likeness (QED) is 0.612. The minimum absolute atomic E-state index is 0.00280. The van der Waals surface area contributed by atoms with Crippen LogP contribution in [0.15, 0.2) is 0 Å². The second-order valence-electron chi connectivity index (χ2n) is 3.69. The predicted octanol–water partition coefficient (Wildman–Crippen LogP) is 0.292. The maximum absolute atomic E-state index is 12.9. The summed E-state index contributed by atoms with van der Waals surface area (Å²) in [5.41, 5.74) is 2.24. The van der Waals surface area contributed by atoms with Gasteiger partial charge < -0.3 is 0 Å². The Bertz CT molecular complexity index is 231. The van der Waals surface area contributed by atoms with E-state index < -0.39 is 11.6 Å². The van der Waals surface area contributed by atoms with Crippen LogP contribution in [0.4, 0.5) is 4.39 Å². The molecular formula is C8H13FN2O2. The summed E-state index contributed by atoms with van der Waals surface area (Å²) in [6.07, 6.45) is 1.70. The molecule has 0 aromatic rings. The van der Waals surface area contributed by atoms with Crippen LogP contribution in [0.2, 0.25) is 0 Å². The highest BCUT2D eigenvalue weighted by molar-refractivity contribution is 5.88. The van der Waals surface area contributed by atoms with Gasteiger partial charge in [-0.2, -0.15) is 0 Å². The van der Waals surface area contributed by atoms with E-state index in [1.54, 1.807) is 0 Å². The lowest BCUT2D eigenvalue weighted by Gasteiger charge is -2.14. The highest BCUT2D eigenvalue weighted by Gasteiger charge is 2.31. The molecule has 2 N–H and O–H groups in total. The molecule has 4 nitrogen and oxygen atoms in total. The molecule has 13 heavy (non-hydrogen) atoms. The number of rotatable bonds is 2. The second-order valence-corrected chi connectivity index (χ2v) is 3.69. The molecule has 2 amide bonds. The zero-order valence-electron chi connectivity index (χ0n) is 7.69. The lowest BCUT2D eigenvalue weighted by atomic mass is 10.2. The topological polar surface area (TPSA) is 58.2 Å². The van der Waals surface area contributed by atoms with Crippen LogP contribution in [0, 0.1) is 5.92 Å². The molecule has 5 heteroatoms. The second kappa shape index (κ2) is 3.32. The Labute approximate surface area is 75.8 Å². The lowest BCUT2D eigenvalue weighted by Crippen LogP contribution is -2.49. The first-order valence-corrected chi connectivity index (χ1v) is 4.20. The minimum Gasteiger partial charge on any atom is -0.273 e. The van der Waals surface area contributed by atoms with Crippen LogP contribution in [-0.4, -0.2) is 17.5 Å². The van der Waals surface area contributed by atoms with Crippen molar-refractivity contribution in [1.29, 1.82) is 0 Å². The van der Waals surface area contributed by atoms with Gasteiger partial charge in [-0.1, -0.05) is 0 Å². The smallest absolute Gasteiger partial charge is 0.273 e. The summed E-state index contributed by atoms with van der Waals surface area (Å²) < 4.78 is 12.9. The Kier molecular flexibility index (Phi) is 2.54. The number of carbonyl (C=O) groups is 2. The van der Waals surface area contributed by atoms with Gasteiger partial charge in [0.1, 0.15) is 0 Å². The Balaban J connectivity index is 2.25. The molecule has 0 aromatic carbocycles. The van der Waals surface area contributed by atoms with Crippen molar-refractivity contribution < 1.29 is 14.0 Å². The van der Waals surface area contributed by atoms with Crippen LogP contribution in [0.5, 0.6) is 0 Å². The van der Waals surface area contributed by atoms with E-state index in [0.717, 1.165) is 26.7 Å². The zero-order chi connectivity index (χ0) is 10.1. The number of hydrazine groups is 1. The van der Waals surface area contributed by atoms with Crippen molar-refractivity contribution in [3.05, 3.63) is 0 Å². The fourth-order valence-corrected chi connectivity index (χ4v) is 0.715. The summed E-state index contributed by atoms with van der Waals surface area (Å²) in [5, 5.41) is 0. The number of alkyl halides is 1. The van der Waals surface area contributed by atoms with Crippen molar-refractivity contribution in [2.24, 2.45) is 5.92 Å². The van der Waals surface area contributed by atoms with Gasteiger partial charge in [0.15, 0.2) is 5.67 Å². The van der Waals surface area contributed by atoms with Gasteiger partial charge in [0.2, 0.25) is 5.91 Å². The number of halogens is 1. The summed E-state index contributed by atoms with van der Waals surface area (Å²) in [7, 11) is 0. The molecule has 0 aromatic heterocycles. The molecule has 0 aliphatic heterocycles. The Morgan fingerprint density at radius 1 is 1.31 bits per heavy atom. The lowest BCUT2D eigenvalue weighted by molar-refractivity contribution is -0.135. The number of carbonyl (C=O) groups excluding carboxylic acids is 2. The van der Waals surface area contributed by atoms with Crippen molar-refractivity contribution in [2.45, 2.75) is 32.4 Å². The van der Waals surface area contributed by atoms with Crippen molar-refractivity contribution in [3.63, 3.8) is 0 Å². The van der Waals surface area contributed by atoms with Crippen LogP contribution in [0.1, 0.15) is 26.7 Å². The van der Waals surface area contributed by atoms with E-state index in [2.05, 4.69) is 5.43 Å². The van der Waals surface area contributed by atoms with Gasteiger partial charge >= 0.3 is 0 Å². The van der Waals surface area contributed by atoms with Gasteiger partial charge in [-0.25, -0.2) is 4.39 Å². The maximum Gasteiger partial charge on any atom is 0.275 e. The zero-order valence-corrected chi connectivity index (χ0v) is 7.69. The molecule has 0 radical (unpaired) electrons. The molecule has 0 saturated heterocycles. The molecule has 74 valence electrons. The third-order valence-electron chi connectivity index (χ3n) is 1.79. The highest BCUT2D eigenvalue weighted by Crippen LogP contribution is 2.28. The van der Waals surface area contributed by atoms with E-state index in [1.807, 2.05) is 5.43 Å². The third kappa shape index (κ3) is 3.01. The molecule has 0 bridgehead atoms. The molecule has 1 saturated carbocycles. The average molecular weight is 188 g/mol. The average Bonchev–Trinajstić information content (AvgIpc) is 2.79.